The van der Waals surface area contributed by atoms with Crippen LogP contribution in [-0.2, 0) is 11.3 Å². The van der Waals surface area contributed by atoms with Gasteiger partial charge in [0, 0.05) is 6.54 Å². The maximum absolute atomic E-state index is 13.1. The standard InChI is InChI=1S/C19H18N2O2/c22-18-15-9-4-5-10-16(15)21(13-14-7-2-1-3-8-14)19(23)17-11-6-12-20(17)18/h1-5,7-10,17H,6,11-13H2/t17-/m0/s1. The Labute approximate surface area is 135 Å². The van der Waals surface area contributed by atoms with Gasteiger partial charge in [0.2, 0.25) is 5.91 Å². The molecule has 4 nitrogen and oxygen atoms in total. The average Bonchev–Trinajstić information content (AvgIpc) is 3.06. The summed E-state index contributed by atoms with van der Waals surface area (Å²) in [5.74, 6) is 0.0108. The molecule has 0 N–H and O–H groups in total. The van der Waals surface area contributed by atoms with Gasteiger partial charge < -0.3 is 9.80 Å². The van der Waals surface area contributed by atoms with Crippen molar-refractivity contribution in [2.75, 3.05) is 11.4 Å². The first kappa shape index (κ1) is 14.0. The fourth-order valence-electron chi connectivity index (χ4n) is 3.54. The second-order valence-corrected chi connectivity index (χ2v) is 6.08. The second kappa shape index (κ2) is 5.54. The number of para-hydroxylation sites is 1. The third-order valence-electron chi connectivity index (χ3n) is 4.67. The first-order chi connectivity index (χ1) is 11.3. The lowest BCUT2D eigenvalue weighted by Gasteiger charge is -2.26. The largest absolute Gasteiger partial charge is 0.327 e. The smallest absolute Gasteiger partial charge is 0.256 e. The van der Waals surface area contributed by atoms with E-state index in [1.807, 2.05) is 54.6 Å². The summed E-state index contributed by atoms with van der Waals surface area (Å²) in [4.78, 5) is 29.4. The Morgan fingerprint density at radius 1 is 0.957 bits per heavy atom. The van der Waals surface area contributed by atoms with Crippen molar-refractivity contribution in [2.24, 2.45) is 0 Å². The summed E-state index contributed by atoms with van der Waals surface area (Å²) < 4.78 is 0. The highest BCUT2D eigenvalue weighted by atomic mass is 16.2. The maximum Gasteiger partial charge on any atom is 0.256 e. The molecule has 23 heavy (non-hydrogen) atoms. The molecule has 0 bridgehead atoms. The van der Waals surface area contributed by atoms with Crippen LogP contribution in [0.5, 0.6) is 0 Å². The molecule has 116 valence electrons. The van der Waals surface area contributed by atoms with Crippen LogP contribution < -0.4 is 4.90 Å². The van der Waals surface area contributed by atoms with Crippen molar-refractivity contribution in [1.82, 2.24) is 4.90 Å². The molecule has 1 fully saturated rings. The van der Waals surface area contributed by atoms with E-state index in [0.29, 0.717) is 18.7 Å². The van der Waals surface area contributed by atoms with Gasteiger partial charge in [-0.25, -0.2) is 0 Å². The number of fused-ring (bicyclic) bond motifs is 2. The quantitative estimate of drug-likeness (QED) is 0.856. The van der Waals surface area contributed by atoms with E-state index in [0.717, 1.165) is 24.1 Å². The van der Waals surface area contributed by atoms with Crippen molar-refractivity contribution in [2.45, 2.75) is 25.4 Å². The van der Waals surface area contributed by atoms with Gasteiger partial charge in [-0.05, 0) is 30.5 Å². The number of amides is 2. The number of rotatable bonds is 2. The lowest BCUT2D eigenvalue weighted by atomic mass is 10.1. The molecule has 2 heterocycles. The number of benzene rings is 2. The molecule has 0 aliphatic carbocycles. The summed E-state index contributed by atoms with van der Waals surface area (Å²) in [7, 11) is 0. The highest BCUT2D eigenvalue weighted by Gasteiger charge is 2.41. The van der Waals surface area contributed by atoms with Crippen molar-refractivity contribution in [3.05, 3.63) is 65.7 Å². The van der Waals surface area contributed by atoms with Crippen molar-refractivity contribution >= 4 is 17.5 Å². The monoisotopic (exact) mass is 306 g/mol. The van der Waals surface area contributed by atoms with Crippen molar-refractivity contribution in [1.29, 1.82) is 0 Å². The number of carbonyl (C=O) groups is 2. The molecule has 2 aromatic carbocycles. The Balaban J connectivity index is 1.81. The van der Waals surface area contributed by atoms with Crippen molar-refractivity contribution in [3.8, 4) is 0 Å². The molecule has 2 aliphatic heterocycles. The SMILES string of the molecule is O=C1[C@@H]2CCCN2C(=O)c2ccccc2N1Cc1ccccc1. The fraction of sp³-hybridized carbons (Fsp3) is 0.263. The van der Waals surface area contributed by atoms with E-state index < -0.39 is 0 Å². The number of hydrogen-bond acceptors (Lipinski definition) is 2. The summed E-state index contributed by atoms with van der Waals surface area (Å²) in [6.45, 7) is 1.16. The first-order valence-electron chi connectivity index (χ1n) is 8.01. The van der Waals surface area contributed by atoms with Crippen LogP contribution in [-0.4, -0.2) is 29.3 Å². The molecule has 0 radical (unpaired) electrons. The molecular formula is C19H18N2O2. The third kappa shape index (κ3) is 2.31. The molecular weight excluding hydrogens is 288 g/mol. The topological polar surface area (TPSA) is 40.6 Å². The van der Waals surface area contributed by atoms with Gasteiger partial charge in [-0.3, -0.25) is 9.59 Å². The van der Waals surface area contributed by atoms with E-state index in [9.17, 15) is 9.59 Å². The minimum absolute atomic E-state index is 0.0213. The lowest BCUT2D eigenvalue weighted by molar-refractivity contribution is -0.122. The Morgan fingerprint density at radius 3 is 2.52 bits per heavy atom. The van der Waals surface area contributed by atoms with E-state index in [4.69, 9.17) is 0 Å². The number of nitrogens with zero attached hydrogens (tertiary/aromatic N) is 2. The van der Waals surface area contributed by atoms with E-state index in [1.54, 1.807) is 9.80 Å². The molecule has 2 amide bonds. The zero-order valence-corrected chi connectivity index (χ0v) is 12.8. The van der Waals surface area contributed by atoms with Crippen LogP contribution in [0.3, 0.4) is 0 Å². The van der Waals surface area contributed by atoms with Gasteiger partial charge in [0.05, 0.1) is 17.8 Å². The van der Waals surface area contributed by atoms with Crippen LogP contribution in [0.25, 0.3) is 0 Å². The van der Waals surface area contributed by atoms with Gasteiger partial charge in [0.15, 0.2) is 0 Å². The highest BCUT2D eigenvalue weighted by molar-refractivity contribution is 6.11. The van der Waals surface area contributed by atoms with Gasteiger partial charge in [-0.2, -0.15) is 0 Å². The number of hydrogen-bond donors (Lipinski definition) is 0. The molecule has 4 rings (SSSR count). The minimum Gasteiger partial charge on any atom is -0.327 e. The zero-order chi connectivity index (χ0) is 15.8. The Kier molecular flexibility index (Phi) is 3.37. The third-order valence-corrected chi connectivity index (χ3v) is 4.67. The van der Waals surface area contributed by atoms with Gasteiger partial charge in [0.25, 0.3) is 5.91 Å². The van der Waals surface area contributed by atoms with E-state index in [1.165, 1.54) is 0 Å². The van der Waals surface area contributed by atoms with Crippen LogP contribution in [0.1, 0.15) is 28.8 Å². The molecule has 0 aromatic heterocycles. The molecule has 1 saturated heterocycles. The summed E-state index contributed by atoms with van der Waals surface area (Å²) in [5, 5.41) is 0. The molecule has 1 atom stereocenters. The Hall–Kier alpha value is -2.62. The predicted octanol–water partition coefficient (Wildman–Crippen LogP) is 2.84. The van der Waals surface area contributed by atoms with Crippen LogP contribution in [0.2, 0.25) is 0 Å². The minimum atomic E-state index is -0.321. The van der Waals surface area contributed by atoms with E-state index >= 15 is 0 Å². The molecule has 2 aromatic rings. The van der Waals surface area contributed by atoms with Gasteiger partial charge in [-0.1, -0.05) is 42.5 Å². The molecule has 2 aliphatic rings. The maximum atomic E-state index is 13.1. The Morgan fingerprint density at radius 2 is 1.70 bits per heavy atom. The van der Waals surface area contributed by atoms with E-state index in [-0.39, 0.29) is 17.9 Å². The Bertz CT molecular complexity index is 757. The van der Waals surface area contributed by atoms with Crippen molar-refractivity contribution < 1.29 is 9.59 Å². The highest BCUT2D eigenvalue weighted by Crippen LogP contribution is 2.33. The summed E-state index contributed by atoms with van der Waals surface area (Å²) in [6.07, 6.45) is 1.65. The van der Waals surface area contributed by atoms with Gasteiger partial charge >= 0.3 is 0 Å². The predicted molar refractivity (Wildman–Crippen MR) is 88.1 cm³/mol. The average molecular weight is 306 g/mol. The van der Waals surface area contributed by atoms with Crippen LogP contribution in [0, 0.1) is 0 Å². The van der Waals surface area contributed by atoms with E-state index in [2.05, 4.69) is 0 Å². The fourth-order valence-corrected chi connectivity index (χ4v) is 3.54. The summed E-state index contributed by atoms with van der Waals surface area (Å²) in [5.41, 5.74) is 2.41. The second-order valence-electron chi connectivity index (χ2n) is 6.08. The summed E-state index contributed by atoms with van der Waals surface area (Å²) in [6, 6.07) is 17.0. The molecule has 4 heteroatoms. The number of carbonyl (C=O) groups excluding carboxylic acids is 2. The number of anilines is 1. The normalized spacial score (nSPS) is 20.3. The first-order valence-corrected chi connectivity index (χ1v) is 8.01. The molecule has 0 saturated carbocycles. The van der Waals surface area contributed by atoms with Gasteiger partial charge in [-0.15, -0.1) is 0 Å². The van der Waals surface area contributed by atoms with Crippen LogP contribution in [0.4, 0.5) is 5.69 Å². The summed E-state index contributed by atoms with van der Waals surface area (Å²) >= 11 is 0. The lowest BCUT2D eigenvalue weighted by Crippen LogP contribution is -2.44. The van der Waals surface area contributed by atoms with Crippen LogP contribution >= 0.6 is 0 Å². The van der Waals surface area contributed by atoms with Crippen LogP contribution in [0.15, 0.2) is 54.6 Å². The van der Waals surface area contributed by atoms with Crippen molar-refractivity contribution in [3.63, 3.8) is 0 Å². The zero-order valence-electron chi connectivity index (χ0n) is 12.8. The van der Waals surface area contributed by atoms with Gasteiger partial charge in [0.1, 0.15) is 6.04 Å². The molecule has 0 unspecified atom stereocenters. The molecule has 0 spiro atoms.